The Bertz CT molecular complexity index is 2830. The highest BCUT2D eigenvalue weighted by Gasteiger charge is 2.21. The summed E-state index contributed by atoms with van der Waals surface area (Å²) in [5.41, 5.74) is 14.0. The van der Waals surface area contributed by atoms with Crippen LogP contribution in [0.2, 0.25) is 0 Å². The summed E-state index contributed by atoms with van der Waals surface area (Å²) in [5, 5.41) is 11.3. The molecule has 9 aromatic carbocycles. The molecule has 2 N–H and O–H groups in total. The van der Waals surface area contributed by atoms with Gasteiger partial charge in [0, 0.05) is 38.8 Å². The molecule has 2 nitrogen and oxygen atoms in total. The van der Waals surface area contributed by atoms with E-state index in [9.17, 15) is 0 Å². The van der Waals surface area contributed by atoms with Gasteiger partial charge in [0.2, 0.25) is 0 Å². The first-order chi connectivity index (χ1) is 25.8. The summed E-state index contributed by atoms with van der Waals surface area (Å²) < 4.78 is 0. The third-order valence-electron chi connectivity index (χ3n) is 10.4. The lowest BCUT2D eigenvalue weighted by molar-refractivity contribution is 1.51. The minimum Gasteiger partial charge on any atom is -0.355 e. The van der Waals surface area contributed by atoms with E-state index in [2.05, 4.69) is 204 Å². The third-order valence-corrected chi connectivity index (χ3v) is 10.4. The van der Waals surface area contributed by atoms with Crippen LogP contribution in [0.25, 0.3) is 87.9 Å². The van der Waals surface area contributed by atoms with E-state index in [1.807, 2.05) is 0 Å². The maximum absolute atomic E-state index is 3.90. The Morgan fingerprint density at radius 3 is 1.23 bits per heavy atom. The number of rotatable bonds is 6. The van der Waals surface area contributed by atoms with Crippen LogP contribution in [0.1, 0.15) is 0 Å². The van der Waals surface area contributed by atoms with Gasteiger partial charge in [0.05, 0.1) is 5.52 Å². The molecule has 52 heavy (non-hydrogen) atoms. The lowest BCUT2D eigenvalue weighted by Gasteiger charge is -2.20. The second-order valence-corrected chi connectivity index (χ2v) is 13.4. The lowest BCUT2D eigenvalue weighted by atomic mass is 9.86. The summed E-state index contributed by atoms with van der Waals surface area (Å²) in [4.78, 5) is 3.79. The maximum atomic E-state index is 3.90. The highest BCUT2D eigenvalue weighted by atomic mass is 14.9. The highest BCUT2D eigenvalue weighted by molar-refractivity contribution is 6.21. The summed E-state index contributed by atoms with van der Waals surface area (Å²) in [7, 11) is 0. The Hall–Kier alpha value is -6.90. The normalized spacial score (nSPS) is 11.5. The summed E-state index contributed by atoms with van der Waals surface area (Å²) in [6, 6.07) is 69.8. The number of nitrogens with one attached hydrogen (secondary N) is 2. The molecule has 0 amide bonds. The molecule has 0 unspecified atom stereocenters. The molecule has 0 saturated carbocycles. The monoisotopic (exact) mass is 662 g/mol. The molecule has 0 aliphatic heterocycles. The fraction of sp³-hybridized carbons (Fsp3) is 0. The van der Waals surface area contributed by atoms with Gasteiger partial charge in [0.15, 0.2) is 0 Å². The second-order valence-electron chi connectivity index (χ2n) is 13.4. The van der Waals surface area contributed by atoms with Crippen LogP contribution in [0, 0.1) is 0 Å². The number of fused-ring (bicyclic) bond motifs is 5. The van der Waals surface area contributed by atoms with Crippen molar-refractivity contribution in [1.29, 1.82) is 0 Å². The van der Waals surface area contributed by atoms with Crippen molar-refractivity contribution >= 4 is 54.7 Å². The van der Waals surface area contributed by atoms with Crippen LogP contribution in [0.3, 0.4) is 0 Å². The molecule has 10 aromatic rings. The lowest BCUT2D eigenvalue weighted by Crippen LogP contribution is -1.97. The van der Waals surface area contributed by atoms with E-state index in [1.165, 1.54) is 71.3 Å². The Labute approximate surface area is 302 Å². The molecular formula is C50H34N2. The molecule has 0 bridgehead atoms. The molecule has 0 fully saturated rings. The summed E-state index contributed by atoms with van der Waals surface area (Å²) in [6.45, 7) is 0. The Morgan fingerprint density at radius 2 is 0.712 bits per heavy atom. The highest BCUT2D eigenvalue weighted by Crippen LogP contribution is 2.47. The fourth-order valence-electron chi connectivity index (χ4n) is 8.11. The SMILES string of the molecule is c1ccc(-c2c(Nc3ccc(-c4c5ccccc5c(-c5ccccc5)c5ccccc45)cc3)cc3c([nH]c4ccccc43)c2-c2ccccc2)cc1. The number of benzene rings is 9. The molecule has 1 aromatic heterocycles. The molecule has 0 aliphatic carbocycles. The standard InChI is InChI=1S/C50H34N2/c1-4-16-33(17-5-1)46-39-23-10-12-25-41(39)47(42-26-13-11-24-40(42)46)36-28-30-37(31-29-36)51-45-32-43-38-22-14-15-27-44(38)52-50(43)49(35-20-8-3-9-21-35)48(45)34-18-6-2-7-19-34/h1-32,51-52H. The number of hydrogen-bond donors (Lipinski definition) is 2. The zero-order valence-electron chi connectivity index (χ0n) is 28.5. The minimum absolute atomic E-state index is 1.04. The van der Waals surface area contributed by atoms with Crippen LogP contribution in [0.5, 0.6) is 0 Å². The molecule has 0 aliphatic rings. The van der Waals surface area contributed by atoms with E-state index in [4.69, 9.17) is 0 Å². The van der Waals surface area contributed by atoms with Gasteiger partial charge in [-0.15, -0.1) is 0 Å². The number of hydrogen-bond acceptors (Lipinski definition) is 1. The number of anilines is 2. The van der Waals surface area contributed by atoms with Crippen LogP contribution in [0.15, 0.2) is 194 Å². The molecule has 1 heterocycles. The Morgan fingerprint density at radius 1 is 0.308 bits per heavy atom. The van der Waals surface area contributed by atoms with Crippen LogP contribution < -0.4 is 5.32 Å². The van der Waals surface area contributed by atoms with Gasteiger partial charge >= 0.3 is 0 Å². The smallest absolute Gasteiger partial charge is 0.0552 e. The zero-order chi connectivity index (χ0) is 34.4. The van der Waals surface area contributed by atoms with Crippen molar-refractivity contribution in [1.82, 2.24) is 4.98 Å². The Kier molecular flexibility index (Phi) is 7.18. The summed E-state index contributed by atoms with van der Waals surface area (Å²) in [5.74, 6) is 0. The number of aromatic nitrogens is 1. The summed E-state index contributed by atoms with van der Waals surface area (Å²) in [6.07, 6.45) is 0. The van der Waals surface area contributed by atoms with Gasteiger partial charge < -0.3 is 10.3 Å². The van der Waals surface area contributed by atoms with Gasteiger partial charge in [-0.3, -0.25) is 0 Å². The van der Waals surface area contributed by atoms with Crippen LogP contribution in [-0.2, 0) is 0 Å². The van der Waals surface area contributed by atoms with E-state index in [1.54, 1.807) is 0 Å². The van der Waals surface area contributed by atoms with Crippen LogP contribution in [0.4, 0.5) is 11.4 Å². The van der Waals surface area contributed by atoms with Crippen molar-refractivity contribution in [3.8, 4) is 44.5 Å². The molecule has 0 atom stereocenters. The minimum atomic E-state index is 1.04. The first-order valence-electron chi connectivity index (χ1n) is 17.9. The van der Waals surface area contributed by atoms with Gasteiger partial charge in [-0.25, -0.2) is 0 Å². The van der Waals surface area contributed by atoms with Gasteiger partial charge in [-0.2, -0.15) is 0 Å². The molecule has 0 spiro atoms. The van der Waals surface area contributed by atoms with Gasteiger partial charge in [-0.05, 0) is 79.2 Å². The second kappa shape index (κ2) is 12.5. The predicted octanol–water partition coefficient (Wildman–Crippen LogP) is 14.0. The number of aromatic amines is 1. The first kappa shape index (κ1) is 30.0. The molecule has 0 radical (unpaired) electrons. The van der Waals surface area contributed by atoms with Crippen molar-refractivity contribution in [2.45, 2.75) is 0 Å². The van der Waals surface area contributed by atoms with E-state index >= 15 is 0 Å². The fourth-order valence-corrected chi connectivity index (χ4v) is 8.11. The maximum Gasteiger partial charge on any atom is 0.0552 e. The molecule has 10 rings (SSSR count). The topological polar surface area (TPSA) is 27.8 Å². The third kappa shape index (κ3) is 4.96. The van der Waals surface area contributed by atoms with Gasteiger partial charge in [0.25, 0.3) is 0 Å². The molecule has 2 heteroatoms. The van der Waals surface area contributed by atoms with Crippen molar-refractivity contribution in [3.63, 3.8) is 0 Å². The molecule has 0 saturated heterocycles. The first-order valence-corrected chi connectivity index (χ1v) is 17.9. The van der Waals surface area contributed by atoms with Crippen LogP contribution in [-0.4, -0.2) is 4.98 Å². The van der Waals surface area contributed by atoms with Crippen molar-refractivity contribution in [3.05, 3.63) is 194 Å². The average Bonchev–Trinajstić information content (AvgIpc) is 3.59. The van der Waals surface area contributed by atoms with Crippen molar-refractivity contribution in [2.75, 3.05) is 5.32 Å². The van der Waals surface area contributed by atoms with Crippen LogP contribution >= 0.6 is 0 Å². The van der Waals surface area contributed by atoms with E-state index in [0.29, 0.717) is 0 Å². The van der Waals surface area contributed by atoms with E-state index in [0.717, 1.165) is 28.0 Å². The van der Waals surface area contributed by atoms with Gasteiger partial charge in [-0.1, -0.05) is 170 Å². The average molecular weight is 663 g/mol. The number of para-hydroxylation sites is 1. The number of H-pyrrole nitrogens is 1. The Balaban J connectivity index is 1.16. The van der Waals surface area contributed by atoms with Crippen molar-refractivity contribution < 1.29 is 0 Å². The predicted molar refractivity (Wildman–Crippen MR) is 222 cm³/mol. The quantitative estimate of drug-likeness (QED) is 0.170. The largest absolute Gasteiger partial charge is 0.355 e. The van der Waals surface area contributed by atoms with Gasteiger partial charge in [0.1, 0.15) is 0 Å². The molecule has 244 valence electrons. The van der Waals surface area contributed by atoms with E-state index in [-0.39, 0.29) is 0 Å². The summed E-state index contributed by atoms with van der Waals surface area (Å²) >= 11 is 0. The zero-order valence-corrected chi connectivity index (χ0v) is 28.5. The van der Waals surface area contributed by atoms with E-state index < -0.39 is 0 Å². The van der Waals surface area contributed by atoms with Crippen molar-refractivity contribution in [2.24, 2.45) is 0 Å². The molecular weight excluding hydrogens is 629 g/mol.